The number of nitrogens with one attached hydrogen (secondary N) is 1. The number of carbonyl (C=O) groups excluding carboxylic acids is 1. The van der Waals surface area contributed by atoms with Gasteiger partial charge in [0.1, 0.15) is 0 Å². The predicted molar refractivity (Wildman–Crippen MR) is 136 cm³/mol. The number of fused-ring (bicyclic) bond motifs is 1. The number of carboxylic acids is 1. The second kappa shape index (κ2) is 9.92. The number of hydrogen-bond acceptors (Lipinski definition) is 5. The van der Waals surface area contributed by atoms with E-state index in [0.29, 0.717) is 43.7 Å². The zero-order valence-electron chi connectivity index (χ0n) is 19.4. The highest BCUT2D eigenvalue weighted by Crippen LogP contribution is 2.30. The van der Waals surface area contributed by atoms with Crippen LogP contribution in [-0.2, 0) is 11.3 Å². The molecular formula is C27H27N3O4S. The molecule has 1 aliphatic carbocycles. The minimum atomic E-state index is -0.736. The fraction of sp³-hybridized carbons (Fsp3) is 0.296. The van der Waals surface area contributed by atoms with E-state index >= 15 is 0 Å². The Morgan fingerprint density at radius 3 is 2.60 bits per heavy atom. The molecule has 1 aliphatic rings. The largest absolute Gasteiger partial charge is 0.481 e. The number of aromatic nitrogens is 2. The summed E-state index contributed by atoms with van der Waals surface area (Å²) in [5.74, 6) is -0.534. The van der Waals surface area contributed by atoms with Gasteiger partial charge >= 0.3 is 5.97 Å². The van der Waals surface area contributed by atoms with E-state index in [2.05, 4.69) is 27.0 Å². The van der Waals surface area contributed by atoms with Crippen LogP contribution in [0.3, 0.4) is 0 Å². The second-order valence-corrected chi connectivity index (χ2v) is 9.84. The number of amides is 1. The molecule has 3 heterocycles. The molecular weight excluding hydrogens is 462 g/mol. The third kappa shape index (κ3) is 4.93. The maximum absolute atomic E-state index is 13.1. The van der Waals surface area contributed by atoms with E-state index in [1.54, 1.807) is 18.4 Å². The van der Waals surface area contributed by atoms with Gasteiger partial charge in [-0.1, -0.05) is 30.3 Å². The van der Waals surface area contributed by atoms with Crippen LogP contribution in [0.5, 0.6) is 5.88 Å². The highest BCUT2D eigenvalue weighted by atomic mass is 32.1. The van der Waals surface area contributed by atoms with Crippen molar-refractivity contribution in [3.05, 3.63) is 71.2 Å². The highest BCUT2D eigenvalue weighted by molar-refractivity contribution is 7.17. The maximum atomic E-state index is 13.1. The van der Waals surface area contributed by atoms with Crippen molar-refractivity contribution in [3.8, 4) is 17.1 Å². The number of rotatable bonds is 7. The van der Waals surface area contributed by atoms with Gasteiger partial charge in [0.25, 0.3) is 5.91 Å². The predicted octanol–water partition coefficient (Wildman–Crippen LogP) is 5.19. The Balaban J connectivity index is 1.30. The fourth-order valence-electron chi connectivity index (χ4n) is 4.72. The first-order valence-electron chi connectivity index (χ1n) is 11.7. The first-order valence-corrected chi connectivity index (χ1v) is 12.6. The minimum absolute atomic E-state index is 0.0224. The molecule has 7 nitrogen and oxygen atoms in total. The number of carboxylic acid groups (broad SMARTS) is 1. The van der Waals surface area contributed by atoms with Crippen molar-refractivity contribution in [2.24, 2.45) is 5.92 Å². The van der Waals surface area contributed by atoms with Crippen LogP contribution in [0.4, 0.5) is 0 Å². The van der Waals surface area contributed by atoms with Gasteiger partial charge in [-0.25, -0.2) is 4.98 Å². The summed E-state index contributed by atoms with van der Waals surface area (Å²) >= 11 is 1.56. The quantitative estimate of drug-likeness (QED) is 0.372. The molecule has 0 bridgehead atoms. The molecule has 0 unspecified atom stereocenters. The standard InChI is InChI=1S/C27H27N3O4S/c1-34-24-4-2-3-22(29-24)18-7-5-17(6-8-18)15-30-14-13-23-25(30)21(16-35-23)26(31)28-20-11-9-19(10-12-20)27(32)33/h2-8,13-14,16,19-20H,9-12,15H2,1H3,(H,28,31)(H,32,33). The zero-order chi connectivity index (χ0) is 24.4. The van der Waals surface area contributed by atoms with Crippen molar-refractivity contribution in [2.45, 2.75) is 38.3 Å². The van der Waals surface area contributed by atoms with Crippen molar-refractivity contribution in [1.82, 2.24) is 14.9 Å². The number of pyridine rings is 1. The Labute approximate surface area is 207 Å². The van der Waals surface area contributed by atoms with E-state index in [4.69, 9.17) is 4.74 Å². The molecule has 5 rings (SSSR count). The van der Waals surface area contributed by atoms with Crippen LogP contribution in [0, 0.1) is 5.92 Å². The van der Waals surface area contributed by atoms with Crippen LogP contribution in [0.15, 0.2) is 60.1 Å². The molecule has 0 aliphatic heterocycles. The van der Waals surface area contributed by atoms with Crippen molar-refractivity contribution in [2.75, 3.05) is 7.11 Å². The van der Waals surface area contributed by atoms with Gasteiger partial charge in [0.05, 0.1) is 34.5 Å². The summed E-state index contributed by atoms with van der Waals surface area (Å²) in [7, 11) is 1.61. The van der Waals surface area contributed by atoms with Gasteiger partial charge in [-0.2, -0.15) is 0 Å². The minimum Gasteiger partial charge on any atom is -0.481 e. The highest BCUT2D eigenvalue weighted by Gasteiger charge is 2.27. The van der Waals surface area contributed by atoms with E-state index in [-0.39, 0.29) is 17.9 Å². The zero-order valence-corrected chi connectivity index (χ0v) is 20.3. The van der Waals surface area contributed by atoms with Crippen LogP contribution in [-0.4, -0.2) is 39.7 Å². The molecule has 35 heavy (non-hydrogen) atoms. The molecule has 4 aromatic rings. The molecule has 3 aromatic heterocycles. The molecule has 2 N–H and O–H groups in total. The average molecular weight is 490 g/mol. The van der Waals surface area contributed by atoms with Gasteiger partial charge in [-0.3, -0.25) is 9.59 Å². The average Bonchev–Trinajstić information content (AvgIpc) is 3.48. The van der Waals surface area contributed by atoms with Crippen LogP contribution >= 0.6 is 11.3 Å². The maximum Gasteiger partial charge on any atom is 0.306 e. The molecule has 1 aromatic carbocycles. The summed E-state index contributed by atoms with van der Waals surface area (Å²) in [5.41, 5.74) is 4.60. The smallest absolute Gasteiger partial charge is 0.306 e. The van der Waals surface area contributed by atoms with Gasteiger partial charge in [-0.05, 0) is 43.4 Å². The summed E-state index contributed by atoms with van der Waals surface area (Å²) < 4.78 is 8.41. The Kier molecular flexibility index (Phi) is 6.55. The number of ether oxygens (including phenoxy) is 1. The Morgan fingerprint density at radius 2 is 1.89 bits per heavy atom. The number of benzene rings is 1. The summed E-state index contributed by atoms with van der Waals surface area (Å²) in [6.07, 6.45) is 4.64. The Morgan fingerprint density at radius 1 is 1.11 bits per heavy atom. The van der Waals surface area contributed by atoms with E-state index in [1.165, 1.54) is 0 Å². The number of aliphatic carboxylic acids is 1. The first-order chi connectivity index (χ1) is 17.0. The van der Waals surface area contributed by atoms with Gasteiger partial charge in [0, 0.05) is 35.8 Å². The lowest BCUT2D eigenvalue weighted by molar-refractivity contribution is -0.142. The number of nitrogens with zero attached hydrogens (tertiary/aromatic N) is 2. The van der Waals surface area contributed by atoms with Crippen LogP contribution < -0.4 is 10.1 Å². The molecule has 1 fully saturated rings. The van der Waals surface area contributed by atoms with Gasteiger partial charge < -0.3 is 19.7 Å². The van der Waals surface area contributed by atoms with Crippen molar-refractivity contribution < 1.29 is 19.4 Å². The molecule has 0 spiro atoms. The number of carbonyl (C=O) groups is 2. The third-order valence-corrected chi connectivity index (χ3v) is 7.61. The van der Waals surface area contributed by atoms with E-state index < -0.39 is 5.97 Å². The SMILES string of the molecule is COc1cccc(-c2ccc(Cn3ccc4scc(C(=O)NC5CCC(C(=O)O)CC5)c43)cc2)n1. The topological polar surface area (TPSA) is 93.5 Å². The number of methoxy groups -OCH3 is 1. The van der Waals surface area contributed by atoms with Gasteiger partial charge in [0.15, 0.2) is 0 Å². The fourth-order valence-corrected chi connectivity index (χ4v) is 5.66. The third-order valence-electron chi connectivity index (χ3n) is 6.68. The summed E-state index contributed by atoms with van der Waals surface area (Å²) in [4.78, 5) is 28.8. The van der Waals surface area contributed by atoms with E-state index in [1.807, 2.05) is 48.0 Å². The van der Waals surface area contributed by atoms with Crippen LogP contribution in [0.25, 0.3) is 21.5 Å². The molecule has 0 radical (unpaired) electrons. The summed E-state index contributed by atoms with van der Waals surface area (Å²) in [6, 6.07) is 16.0. The first kappa shape index (κ1) is 23.1. The monoisotopic (exact) mass is 489 g/mol. The van der Waals surface area contributed by atoms with Crippen molar-refractivity contribution in [3.63, 3.8) is 0 Å². The molecule has 0 atom stereocenters. The lowest BCUT2D eigenvalue weighted by atomic mass is 9.86. The number of hydrogen-bond donors (Lipinski definition) is 2. The lowest BCUT2D eigenvalue weighted by Crippen LogP contribution is -2.38. The van der Waals surface area contributed by atoms with Gasteiger partial charge in [-0.15, -0.1) is 11.3 Å². The molecule has 180 valence electrons. The molecule has 0 saturated heterocycles. The molecule has 1 amide bonds. The van der Waals surface area contributed by atoms with E-state index in [0.717, 1.165) is 27.0 Å². The number of thiophene rings is 1. The van der Waals surface area contributed by atoms with E-state index in [9.17, 15) is 14.7 Å². The van der Waals surface area contributed by atoms with Crippen LogP contribution in [0.1, 0.15) is 41.6 Å². The lowest BCUT2D eigenvalue weighted by Gasteiger charge is -2.26. The Bertz CT molecular complexity index is 1350. The summed E-state index contributed by atoms with van der Waals surface area (Å²) in [6.45, 7) is 0.649. The van der Waals surface area contributed by atoms with Crippen LogP contribution in [0.2, 0.25) is 0 Å². The van der Waals surface area contributed by atoms with Gasteiger partial charge in [0.2, 0.25) is 5.88 Å². The second-order valence-electron chi connectivity index (χ2n) is 8.93. The summed E-state index contributed by atoms with van der Waals surface area (Å²) in [5, 5.41) is 14.2. The molecule has 1 saturated carbocycles. The van der Waals surface area contributed by atoms with Crippen molar-refractivity contribution in [1.29, 1.82) is 0 Å². The Hall–Kier alpha value is -3.65. The normalized spacial score (nSPS) is 17.9. The molecule has 8 heteroatoms. The van der Waals surface area contributed by atoms with Crippen molar-refractivity contribution >= 4 is 33.4 Å².